The largest absolute Gasteiger partial charge is 0.486 e. The Kier molecular flexibility index (Phi) is 6.16. The van der Waals surface area contributed by atoms with Gasteiger partial charge < -0.3 is 19.0 Å². The van der Waals surface area contributed by atoms with Gasteiger partial charge >= 0.3 is 0 Å². The summed E-state index contributed by atoms with van der Waals surface area (Å²) >= 11 is 0. The summed E-state index contributed by atoms with van der Waals surface area (Å²) in [5.74, 6) is 1.71. The first-order valence-corrected chi connectivity index (χ1v) is 10.2. The maximum Gasteiger partial charge on any atom is 0.146 e. The second kappa shape index (κ2) is 9.15. The van der Waals surface area contributed by atoms with Crippen LogP contribution in [0.25, 0.3) is 10.9 Å². The zero-order valence-corrected chi connectivity index (χ0v) is 17.5. The Balaban J connectivity index is 1.27. The number of imidazole rings is 1. The van der Waals surface area contributed by atoms with Gasteiger partial charge in [-0.25, -0.2) is 4.98 Å². The molecule has 156 valence electrons. The highest BCUT2D eigenvalue weighted by atomic mass is 16.5. The third-order valence-electron chi connectivity index (χ3n) is 5.27. The fraction of sp³-hybridized carbons (Fsp3) is 0.292. The highest BCUT2D eigenvalue weighted by Gasteiger charge is 2.11. The number of hydrogen-bond donors (Lipinski definition) is 1. The molecule has 0 saturated heterocycles. The van der Waals surface area contributed by atoms with Crippen molar-refractivity contribution in [2.45, 2.75) is 25.8 Å². The number of benzene rings is 2. The molecule has 2 heterocycles. The Labute approximate surface area is 177 Å². The second-order valence-corrected chi connectivity index (χ2v) is 7.76. The van der Waals surface area contributed by atoms with E-state index in [1.807, 2.05) is 55.3 Å². The molecule has 0 unspecified atom stereocenters. The number of aliphatic hydroxyl groups is 1. The van der Waals surface area contributed by atoms with Crippen molar-refractivity contribution < 1.29 is 9.84 Å². The number of ether oxygens (including phenoxy) is 1. The van der Waals surface area contributed by atoms with Crippen LogP contribution in [-0.2, 0) is 26.7 Å². The molecule has 0 spiro atoms. The number of likely N-dealkylation sites (N-methyl/N-ethyl adjacent to an activating group) is 1. The molecular weight excluding hydrogens is 376 g/mol. The number of hydrogen-bond acceptors (Lipinski definition) is 4. The smallest absolute Gasteiger partial charge is 0.146 e. The fourth-order valence-corrected chi connectivity index (χ4v) is 3.70. The maximum absolute atomic E-state index is 10.6. The summed E-state index contributed by atoms with van der Waals surface area (Å²) in [6.45, 7) is 2.40. The van der Waals surface area contributed by atoms with Gasteiger partial charge in [-0.15, -0.1) is 0 Å². The van der Waals surface area contributed by atoms with Crippen molar-refractivity contribution in [3.05, 3.63) is 84.6 Å². The van der Waals surface area contributed by atoms with Crippen LogP contribution in [0.15, 0.2) is 73.2 Å². The van der Waals surface area contributed by atoms with Crippen molar-refractivity contribution in [3.63, 3.8) is 0 Å². The molecule has 2 aromatic carbocycles. The summed E-state index contributed by atoms with van der Waals surface area (Å²) in [6.07, 6.45) is 5.28. The standard InChI is InChI=1S/C24H28N4O2/c1-26(16-21(29)17-28-13-11-20-5-3-4-6-23(20)28)15-19-7-9-22(10-8-19)30-18-24-25-12-14-27(24)2/h3-14,21,29H,15-18H2,1-2H3/t21-/m0/s1. The van der Waals surface area contributed by atoms with E-state index in [0.717, 1.165) is 23.6 Å². The summed E-state index contributed by atoms with van der Waals surface area (Å²) in [5.41, 5.74) is 2.33. The summed E-state index contributed by atoms with van der Waals surface area (Å²) in [7, 11) is 3.99. The van der Waals surface area contributed by atoms with Gasteiger partial charge in [0.1, 0.15) is 18.2 Å². The van der Waals surface area contributed by atoms with Gasteiger partial charge in [-0.05, 0) is 42.3 Å². The van der Waals surface area contributed by atoms with Crippen LogP contribution in [0.5, 0.6) is 5.75 Å². The van der Waals surface area contributed by atoms with Crippen molar-refractivity contribution in [2.75, 3.05) is 13.6 Å². The van der Waals surface area contributed by atoms with Crippen molar-refractivity contribution in [1.29, 1.82) is 0 Å². The lowest BCUT2D eigenvalue weighted by Crippen LogP contribution is -2.31. The van der Waals surface area contributed by atoms with E-state index in [0.29, 0.717) is 19.7 Å². The second-order valence-electron chi connectivity index (χ2n) is 7.76. The van der Waals surface area contributed by atoms with E-state index in [2.05, 4.69) is 44.8 Å². The molecule has 0 fully saturated rings. The third kappa shape index (κ3) is 4.90. The van der Waals surface area contributed by atoms with Gasteiger partial charge in [0.25, 0.3) is 0 Å². The average molecular weight is 405 g/mol. The molecule has 4 rings (SSSR count). The number of aryl methyl sites for hydroxylation is 1. The van der Waals surface area contributed by atoms with Gasteiger partial charge in [0.15, 0.2) is 0 Å². The predicted octanol–water partition coefficient (Wildman–Crippen LogP) is 3.45. The summed E-state index contributed by atoms with van der Waals surface area (Å²) in [6, 6.07) is 18.4. The van der Waals surface area contributed by atoms with E-state index in [1.54, 1.807) is 6.20 Å². The molecule has 0 aliphatic heterocycles. The first-order valence-electron chi connectivity index (χ1n) is 10.2. The van der Waals surface area contributed by atoms with Crippen LogP contribution in [0.2, 0.25) is 0 Å². The zero-order valence-electron chi connectivity index (χ0n) is 17.5. The lowest BCUT2D eigenvalue weighted by atomic mass is 10.2. The SMILES string of the molecule is CN(Cc1ccc(OCc2nccn2C)cc1)C[C@H](O)Cn1ccc2ccccc21. The van der Waals surface area contributed by atoms with E-state index in [1.165, 1.54) is 10.9 Å². The predicted molar refractivity (Wildman–Crippen MR) is 118 cm³/mol. The van der Waals surface area contributed by atoms with Gasteiger partial charge in [0, 0.05) is 50.8 Å². The number of fused-ring (bicyclic) bond motifs is 1. The van der Waals surface area contributed by atoms with Gasteiger partial charge in [-0.2, -0.15) is 0 Å². The van der Waals surface area contributed by atoms with Crippen molar-refractivity contribution in [2.24, 2.45) is 7.05 Å². The first kappa shape index (κ1) is 20.2. The number of aromatic nitrogens is 3. The Bertz CT molecular complexity index is 1080. The molecule has 4 aromatic rings. The van der Waals surface area contributed by atoms with E-state index in [-0.39, 0.29) is 0 Å². The Morgan fingerprint density at radius 3 is 2.63 bits per heavy atom. The third-order valence-corrected chi connectivity index (χ3v) is 5.27. The van der Waals surface area contributed by atoms with Crippen LogP contribution in [0.1, 0.15) is 11.4 Å². The summed E-state index contributed by atoms with van der Waals surface area (Å²) < 4.78 is 9.87. The fourth-order valence-electron chi connectivity index (χ4n) is 3.70. The first-order chi connectivity index (χ1) is 14.6. The Morgan fingerprint density at radius 2 is 1.87 bits per heavy atom. The minimum absolute atomic E-state index is 0.439. The maximum atomic E-state index is 10.6. The molecular formula is C24H28N4O2. The van der Waals surface area contributed by atoms with Gasteiger partial charge in [0.05, 0.1) is 6.10 Å². The van der Waals surface area contributed by atoms with Gasteiger partial charge in [-0.3, -0.25) is 4.90 Å². The Morgan fingerprint density at radius 1 is 1.07 bits per heavy atom. The monoisotopic (exact) mass is 404 g/mol. The molecule has 0 aliphatic rings. The minimum atomic E-state index is -0.439. The van der Waals surface area contributed by atoms with E-state index < -0.39 is 6.10 Å². The van der Waals surface area contributed by atoms with Crippen LogP contribution >= 0.6 is 0 Å². The minimum Gasteiger partial charge on any atom is -0.486 e. The van der Waals surface area contributed by atoms with Crippen LogP contribution < -0.4 is 4.74 Å². The highest BCUT2D eigenvalue weighted by Crippen LogP contribution is 2.17. The van der Waals surface area contributed by atoms with E-state index in [9.17, 15) is 5.11 Å². The van der Waals surface area contributed by atoms with E-state index >= 15 is 0 Å². The topological polar surface area (TPSA) is 55.4 Å². The molecule has 0 aliphatic carbocycles. The molecule has 2 aromatic heterocycles. The lowest BCUT2D eigenvalue weighted by Gasteiger charge is -2.21. The van der Waals surface area contributed by atoms with Crippen molar-refractivity contribution >= 4 is 10.9 Å². The normalized spacial score (nSPS) is 12.5. The summed E-state index contributed by atoms with van der Waals surface area (Å²) in [4.78, 5) is 6.40. The zero-order chi connectivity index (χ0) is 20.9. The van der Waals surface area contributed by atoms with Crippen molar-refractivity contribution in [1.82, 2.24) is 19.0 Å². The highest BCUT2D eigenvalue weighted by molar-refractivity contribution is 5.79. The summed E-state index contributed by atoms with van der Waals surface area (Å²) in [5, 5.41) is 11.8. The van der Waals surface area contributed by atoms with Gasteiger partial charge in [-0.1, -0.05) is 30.3 Å². The van der Waals surface area contributed by atoms with Gasteiger partial charge in [0.2, 0.25) is 0 Å². The average Bonchev–Trinajstić information content (AvgIpc) is 3.33. The van der Waals surface area contributed by atoms with Crippen LogP contribution in [0.4, 0.5) is 0 Å². The van der Waals surface area contributed by atoms with E-state index in [4.69, 9.17) is 4.74 Å². The number of para-hydroxylation sites is 1. The molecule has 0 radical (unpaired) electrons. The molecule has 1 atom stereocenters. The van der Waals surface area contributed by atoms with Crippen LogP contribution in [0, 0.1) is 0 Å². The molecule has 0 amide bonds. The number of nitrogens with zero attached hydrogens (tertiary/aromatic N) is 4. The molecule has 30 heavy (non-hydrogen) atoms. The van der Waals surface area contributed by atoms with Crippen LogP contribution in [0.3, 0.4) is 0 Å². The lowest BCUT2D eigenvalue weighted by molar-refractivity contribution is 0.108. The molecule has 0 bridgehead atoms. The molecule has 1 N–H and O–H groups in total. The van der Waals surface area contributed by atoms with Crippen molar-refractivity contribution in [3.8, 4) is 5.75 Å². The Hall–Kier alpha value is -3.09. The number of aliphatic hydroxyl groups excluding tert-OH is 1. The number of rotatable bonds is 9. The molecule has 6 nitrogen and oxygen atoms in total. The quantitative estimate of drug-likeness (QED) is 0.464. The molecule has 6 heteroatoms. The molecule has 0 saturated carbocycles. The van der Waals surface area contributed by atoms with Crippen LogP contribution in [-0.4, -0.2) is 43.8 Å².